The summed E-state index contributed by atoms with van der Waals surface area (Å²) in [4.78, 5) is 2.55. The Hall–Kier alpha value is -1.36. The number of hydrogen-bond acceptors (Lipinski definition) is 3. The SMILES string of the molecule is Cl.NCCC1CCCCN1Cc1ccn(-c2ccccc2)n1. The normalized spacial score (nSPS) is 18.9. The topological polar surface area (TPSA) is 47.1 Å². The van der Waals surface area contributed by atoms with Crippen molar-refractivity contribution in [3.8, 4) is 5.69 Å². The summed E-state index contributed by atoms with van der Waals surface area (Å²) in [7, 11) is 0. The van der Waals surface area contributed by atoms with Crippen LogP contribution in [0.4, 0.5) is 0 Å². The molecule has 120 valence electrons. The van der Waals surface area contributed by atoms with Gasteiger partial charge < -0.3 is 5.73 Å². The van der Waals surface area contributed by atoms with Crippen molar-refractivity contribution >= 4 is 12.4 Å². The minimum atomic E-state index is 0. The Morgan fingerprint density at radius 1 is 1.14 bits per heavy atom. The van der Waals surface area contributed by atoms with Gasteiger partial charge in [0.15, 0.2) is 0 Å². The van der Waals surface area contributed by atoms with Gasteiger partial charge >= 0.3 is 0 Å². The van der Waals surface area contributed by atoms with E-state index in [1.807, 2.05) is 29.1 Å². The Morgan fingerprint density at radius 2 is 1.95 bits per heavy atom. The second kappa shape index (κ2) is 8.32. The highest BCUT2D eigenvalue weighted by Crippen LogP contribution is 2.21. The van der Waals surface area contributed by atoms with Crippen molar-refractivity contribution in [1.29, 1.82) is 0 Å². The molecule has 1 saturated heterocycles. The standard InChI is InChI=1S/C17H24N4.ClH/c18-11-9-16-6-4-5-12-20(16)14-15-10-13-21(19-15)17-7-2-1-3-8-17;/h1-3,7-8,10,13,16H,4-6,9,11-12,14,18H2;1H. The van der Waals surface area contributed by atoms with E-state index in [-0.39, 0.29) is 12.4 Å². The van der Waals surface area contributed by atoms with E-state index in [0.29, 0.717) is 6.04 Å². The summed E-state index contributed by atoms with van der Waals surface area (Å²) in [6.45, 7) is 2.88. The minimum absolute atomic E-state index is 0. The van der Waals surface area contributed by atoms with Crippen LogP contribution in [0.5, 0.6) is 0 Å². The number of nitrogens with two attached hydrogens (primary N) is 1. The monoisotopic (exact) mass is 320 g/mol. The fraction of sp³-hybridized carbons (Fsp3) is 0.471. The molecule has 5 heteroatoms. The van der Waals surface area contributed by atoms with Crippen LogP contribution in [0, 0.1) is 0 Å². The molecular formula is C17H25ClN4. The van der Waals surface area contributed by atoms with E-state index < -0.39 is 0 Å². The van der Waals surface area contributed by atoms with Crippen LogP contribution in [0.3, 0.4) is 0 Å². The maximum atomic E-state index is 5.75. The van der Waals surface area contributed by atoms with Crippen molar-refractivity contribution in [2.24, 2.45) is 5.73 Å². The zero-order chi connectivity index (χ0) is 14.5. The summed E-state index contributed by atoms with van der Waals surface area (Å²) in [5.41, 5.74) is 8.00. The van der Waals surface area contributed by atoms with Crippen LogP contribution in [-0.2, 0) is 6.54 Å². The first-order chi connectivity index (χ1) is 10.4. The van der Waals surface area contributed by atoms with Crippen molar-refractivity contribution in [3.05, 3.63) is 48.3 Å². The van der Waals surface area contributed by atoms with Gasteiger partial charge in [-0.25, -0.2) is 4.68 Å². The van der Waals surface area contributed by atoms with Crippen molar-refractivity contribution in [2.45, 2.75) is 38.3 Å². The molecule has 22 heavy (non-hydrogen) atoms. The van der Waals surface area contributed by atoms with E-state index in [9.17, 15) is 0 Å². The summed E-state index contributed by atoms with van der Waals surface area (Å²) < 4.78 is 1.96. The number of halogens is 1. The molecule has 3 rings (SSSR count). The van der Waals surface area contributed by atoms with E-state index in [4.69, 9.17) is 10.8 Å². The van der Waals surface area contributed by atoms with Crippen LogP contribution in [-0.4, -0.2) is 33.8 Å². The van der Waals surface area contributed by atoms with Crippen molar-refractivity contribution in [2.75, 3.05) is 13.1 Å². The molecule has 1 aliphatic rings. The number of benzene rings is 1. The lowest BCUT2D eigenvalue weighted by Gasteiger charge is -2.35. The first kappa shape index (κ1) is 17.0. The number of para-hydroxylation sites is 1. The van der Waals surface area contributed by atoms with Gasteiger partial charge in [-0.05, 0) is 50.6 Å². The lowest BCUT2D eigenvalue weighted by Crippen LogP contribution is -2.40. The van der Waals surface area contributed by atoms with Crippen molar-refractivity contribution < 1.29 is 0 Å². The summed E-state index contributed by atoms with van der Waals surface area (Å²) >= 11 is 0. The number of nitrogens with zero attached hydrogens (tertiary/aromatic N) is 3. The molecule has 0 amide bonds. The molecule has 1 aromatic carbocycles. The minimum Gasteiger partial charge on any atom is -0.330 e. The van der Waals surface area contributed by atoms with Gasteiger partial charge in [-0.1, -0.05) is 24.6 Å². The van der Waals surface area contributed by atoms with Crippen LogP contribution < -0.4 is 5.73 Å². The second-order valence-corrected chi connectivity index (χ2v) is 5.78. The fourth-order valence-electron chi connectivity index (χ4n) is 3.17. The summed E-state index contributed by atoms with van der Waals surface area (Å²) in [6.07, 6.45) is 7.04. The Balaban J connectivity index is 0.00000176. The van der Waals surface area contributed by atoms with Crippen LogP contribution in [0.1, 0.15) is 31.4 Å². The van der Waals surface area contributed by atoms with E-state index in [0.717, 1.165) is 30.9 Å². The Kier molecular flexibility index (Phi) is 6.43. The summed E-state index contributed by atoms with van der Waals surface area (Å²) in [5.74, 6) is 0. The van der Waals surface area contributed by atoms with Gasteiger partial charge in [0.2, 0.25) is 0 Å². The first-order valence-corrected chi connectivity index (χ1v) is 7.91. The van der Waals surface area contributed by atoms with Crippen molar-refractivity contribution in [3.63, 3.8) is 0 Å². The number of hydrogen-bond donors (Lipinski definition) is 1. The van der Waals surface area contributed by atoms with Gasteiger partial charge in [0.25, 0.3) is 0 Å². The largest absolute Gasteiger partial charge is 0.330 e. The highest BCUT2D eigenvalue weighted by Gasteiger charge is 2.22. The lowest BCUT2D eigenvalue weighted by atomic mass is 9.99. The average molecular weight is 321 g/mol. The van der Waals surface area contributed by atoms with E-state index >= 15 is 0 Å². The fourth-order valence-corrected chi connectivity index (χ4v) is 3.17. The van der Waals surface area contributed by atoms with Crippen molar-refractivity contribution in [1.82, 2.24) is 14.7 Å². The first-order valence-electron chi connectivity index (χ1n) is 7.91. The van der Waals surface area contributed by atoms with Gasteiger partial charge in [0.05, 0.1) is 11.4 Å². The average Bonchev–Trinajstić information content (AvgIpc) is 2.99. The van der Waals surface area contributed by atoms with E-state index in [1.54, 1.807) is 0 Å². The second-order valence-electron chi connectivity index (χ2n) is 5.78. The van der Waals surface area contributed by atoms with E-state index in [1.165, 1.54) is 25.8 Å². The van der Waals surface area contributed by atoms with Crippen LogP contribution in [0.2, 0.25) is 0 Å². The molecule has 4 nitrogen and oxygen atoms in total. The molecule has 2 aromatic rings. The maximum absolute atomic E-state index is 5.75. The van der Waals surface area contributed by atoms with Crippen LogP contribution >= 0.6 is 12.4 Å². The molecular weight excluding hydrogens is 296 g/mol. The number of rotatable bonds is 5. The molecule has 1 atom stereocenters. The highest BCUT2D eigenvalue weighted by atomic mass is 35.5. The molecule has 1 aliphatic heterocycles. The van der Waals surface area contributed by atoms with Gasteiger partial charge in [-0.3, -0.25) is 4.90 Å². The molecule has 0 bridgehead atoms. The molecule has 1 fully saturated rings. The highest BCUT2D eigenvalue weighted by molar-refractivity contribution is 5.85. The van der Waals surface area contributed by atoms with Gasteiger partial charge in [0, 0.05) is 18.8 Å². The molecule has 2 N–H and O–H groups in total. The molecule has 0 saturated carbocycles. The third-order valence-electron chi connectivity index (χ3n) is 4.28. The number of likely N-dealkylation sites (tertiary alicyclic amines) is 1. The van der Waals surface area contributed by atoms with Gasteiger partial charge in [-0.15, -0.1) is 12.4 Å². The van der Waals surface area contributed by atoms with Gasteiger partial charge in [0.1, 0.15) is 0 Å². The predicted molar refractivity (Wildman–Crippen MR) is 92.5 cm³/mol. The zero-order valence-electron chi connectivity index (χ0n) is 12.9. The van der Waals surface area contributed by atoms with Gasteiger partial charge in [-0.2, -0.15) is 5.10 Å². The van der Waals surface area contributed by atoms with Crippen LogP contribution in [0.25, 0.3) is 5.69 Å². The Morgan fingerprint density at radius 3 is 2.73 bits per heavy atom. The molecule has 0 spiro atoms. The maximum Gasteiger partial charge on any atom is 0.0769 e. The Bertz CT molecular complexity index is 553. The number of piperidine rings is 1. The smallest absolute Gasteiger partial charge is 0.0769 e. The lowest BCUT2D eigenvalue weighted by molar-refractivity contribution is 0.132. The Labute approximate surface area is 138 Å². The molecule has 2 heterocycles. The zero-order valence-corrected chi connectivity index (χ0v) is 13.7. The molecule has 0 aliphatic carbocycles. The van der Waals surface area contributed by atoms with Crippen LogP contribution in [0.15, 0.2) is 42.6 Å². The number of aromatic nitrogens is 2. The third kappa shape index (κ3) is 4.09. The molecule has 1 aromatic heterocycles. The predicted octanol–water partition coefficient (Wildman–Crippen LogP) is 3.00. The quantitative estimate of drug-likeness (QED) is 0.921. The van der Waals surface area contributed by atoms with E-state index in [2.05, 4.69) is 23.1 Å². The summed E-state index contributed by atoms with van der Waals surface area (Å²) in [5, 5.41) is 4.71. The molecule has 0 radical (unpaired) electrons. The summed E-state index contributed by atoms with van der Waals surface area (Å²) in [6, 6.07) is 13.0. The third-order valence-corrected chi connectivity index (χ3v) is 4.28. The molecule has 1 unspecified atom stereocenters.